The number of hydrogen-bond donors (Lipinski definition) is 0. The highest BCUT2D eigenvalue weighted by Gasteiger charge is 2.23. The Hall–Kier alpha value is -1.21. The second kappa shape index (κ2) is 4.23. The van der Waals surface area contributed by atoms with E-state index in [1.807, 2.05) is 11.8 Å². The third-order valence-electron chi connectivity index (χ3n) is 3.50. The van der Waals surface area contributed by atoms with Crippen molar-refractivity contribution in [1.82, 2.24) is 0 Å². The van der Waals surface area contributed by atoms with Crippen LogP contribution in [0.25, 0.3) is 11.1 Å². The summed E-state index contributed by atoms with van der Waals surface area (Å²) in [5.41, 5.74) is 5.75. The summed E-state index contributed by atoms with van der Waals surface area (Å²) in [5, 5.41) is 1.13. The lowest BCUT2D eigenvalue weighted by molar-refractivity contribution is 1.06. The summed E-state index contributed by atoms with van der Waals surface area (Å²) < 4.78 is 0. The van der Waals surface area contributed by atoms with E-state index >= 15 is 0 Å². The summed E-state index contributed by atoms with van der Waals surface area (Å²) in [6.45, 7) is 4.62. The highest BCUT2D eigenvalue weighted by atomic mass is 32.2. The van der Waals surface area contributed by atoms with Crippen LogP contribution in [0.5, 0.6) is 0 Å². The van der Waals surface area contributed by atoms with Crippen molar-refractivity contribution in [3.05, 3.63) is 59.7 Å². The molecule has 0 N–H and O–H groups in total. The van der Waals surface area contributed by atoms with Crippen molar-refractivity contribution in [1.29, 1.82) is 0 Å². The summed E-state index contributed by atoms with van der Waals surface area (Å²) in [7, 11) is 0. The van der Waals surface area contributed by atoms with Crippen LogP contribution in [0, 0.1) is 0 Å². The van der Waals surface area contributed by atoms with E-state index in [0.29, 0.717) is 10.5 Å². The van der Waals surface area contributed by atoms with Gasteiger partial charge in [0.05, 0.1) is 0 Å². The smallest absolute Gasteiger partial charge is 0.0281 e. The Morgan fingerprint density at radius 3 is 1.59 bits per heavy atom. The van der Waals surface area contributed by atoms with Crippen LogP contribution in [-0.4, -0.2) is 0 Å². The molecule has 3 rings (SSSR count). The molecular weight excluding hydrogens is 224 g/mol. The Bertz CT molecular complexity index is 495. The Balaban J connectivity index is 2.30. The molecule has 1 aliphatic rings. The first-order valence-corrected chi connectivity index (χ1v) is 7.05. The molecule has 2 atom stereocenters. The van der Waals surface area contributed by atoms with Gasteiger partial charge in [0.25, 0.3) is 0 Å². The summed E-state index contributed by atoms with van der Waals surface area (Å²) in [4.78, 5) is 0. The van der Waals surface area contributed by atoms with E-state index in [1.54, 1.807) is 0 Å². The van der Waals surface area contributed by atoms with Gasteiger partial charge in [-0.1, -0.05) is 48.5 Å². The second-order valence-corrected chi connectivity index (χ2v) is 6.28. The van der Waals surface area contributed by atoms with E-state index in [0.717, 1.165) is 0 Å². The number of benzene rings is 2. The SMILES string of the molecule is CC1SC(C)c2ccccc2-c2ccccc21. The molecule has 2 unspecified atom stereocenters. The van der Waals surface area contributed by atoms with Gasteiger partial charge in [0.2, 0.25) is 0 Å². The molecule has 1 heterocycles. The molecule has 0 aliphatic carbocycles. The molecule has 2 aromatic carbocycles. The summed E-state index contributed by atoms with van der Waals surface area (Å²) in [5.74, 6) is 0. The highest BCUT2D eigenvalue weighted by Crippen LogP contribution is 2.49. The third kappa shape index (κ3) is 1.79. The molecule has 0 saturated carbocycles. The van der Waals surface area contributed by atoms with Crippen molar-refractivity contribution in [2.24, 2.45) is 0 Å². The van der Waals surface area contributed by atoms with E-state index in [4.69, 9.17) is 0 Å². The summed E-state index contributed by atoms with van der Waals surface area (Å²) in [6, 6.07) is 17.6. The van der Waals surface area contributed by atoms with Gasteiger partial charge >= 0.3 is 0 Å². The van der Waals surface area contributed by atoms with Crippen LogP contribution in [0.4, 0.5) is 0 Å². The Labute approximate surface area is 107 Å². The van der Waals surface area contributed by atoms with Gasteiger partial charge in [-0.05, 0) is 36.1 Å². The van der Waals surface area contributed by atoms with Crippen LogP contribution in [0.15, 0.2) is 48.5 Å². The second-order valence-electron chi connectivity index (χ2n) is 4.60. The van der Waals surface area contributed by atoms with Crippen LogP contribution < -0.4 is 0 Å². The fourth-order valence-corrected chi connectivity index (χ4v) is 3.96. The van der Waals surface area contributed by atoms with Crippen molar-refractivity contribution in [2.45, 2.75) is 24.3 Å². The number of fused-ring (bicyclic) bond motifs is 3. The molecule has 86 valence electrons. The van der Waals surface area contributed by atoms with Gasteiger partial charge in [-0.25, -0.2) is 0 Å². The Morgan fingerprint density at radius 2 is 1.12 bits per heavy atom. The molecular formula is C16H16S. The van der Waals surface area contributed by atoms with Gasteiger partial charge in [0.1, 0.15) is 0 Å². The normalized spacial score (nSPS) is 22.5. The van der Waals surface area contributed by atoms with E-state index < -0.39 is 0 Å². The van der Waals surface area contributed by atoms with Gasteiger partial charge in [-0.3, -0.25) is 0 Å². The van der Waals surface area contributed by atoms with Crippen molar-refractivity contribution < 1.29 is 0 Å². The lowest BCUT2D eigenvalue weighted by Gasteiger charge is -2.14. The molecule has 0 nitrogen and oxygen atoms in total. The summed E-state index contributed by atoms with van der Waals surface area (Å²) >= 11 is 2.05. The van der Waals surface area contributed by atoms with Crippen molar-refractivity contribution in [3.8, 4) is 11.1 Å². The molecule has 1 heteroatoms. The zero-order valence-corrected chi connectivity index (χ0v) is 11.0. The minimum Gasteiger partial charge on any atom is -0.146 e. The van der Waals surface area contributed by atoms with E-state index in [1.165, 1.54) is 22.3 Å². The van der Waals surface area contributed by atoms with Crippen LogP contribution in [-0.2, 0) is 0 Å². The van der Waals surface area contributed by atoms with Crippen LogP contribution in [0.2, 0.25) is 0 Å². The lowest BCUT2D eigenvalue weighted by atomic mass is 9.93. The zero-order chi connectivity index (χ0) is 11.8. The van der Waals surface area contributed by atoms with E-state index in [9.17, 15) is 0 Å². The maximum Gasteiger partial charge on any atom is 0.0281 e. The lowest BCUT2D eigenvalue weighted by Crippen LogP contribution is -1.89. The molecule has 2 aromatic rings. The predicted molar refractivity (Wildman–Crippen MR) is 76.3 cm³/mol. The van der Waals surface area contributed by atoms with Crippen LogP contribution in [0.3, 0.4) is 0 Å². The standard InChI is InChI=1S/C16H16S/c1-11-13-7-3-5-9-15(13)16-10-6-4-8-14(16)12(2)17-11/h3-12H,1-2H3. The van der Waals surface area contributed by atoms with Gasteiger partial charge in [0.15, 0.2) is 0 Å². The molecule has 0 fully saturated rings. The average molecular weight is 240 g/mol. The maximum absolute atomic E-state index is 2.31. The van der Waals surface area contributed by atoms with Crippen molar-refractivity contribution >= 4 is 11.8 Å². The maximum atomic E-state index is 2.31. The average Bonchev–Trinajstić information content (AvgIpc) is 2.48. The summed E-state index contributed by atoms with van der Waals surface area (Å²) in [6.07, 6.45) is 0. The van der Waals surface area contributed by atoms with E-state index in [2.05, 4.69) is 62.4 Å². The largest absolute Gasteiger partial charge is 0.146 e. The van der Waals surface area contributed by atoms with Gasteiger partial charge in [0, 0.05) is 10.5 Å². The number of rotatable bonds is 0. The minimum absolute atomic E-state index is 0.564. The van der Waals surface area contributed by atoms with Gasteiger partial charge in [-0.15, -0.1) is 11.8 Å². The molecule has 17 heavy (non-hydrogen) atoms. The quantitative estimate of drug-likeness (QED) is 0.608. The molecule has 1 aliphatic heterocycles. The minimum atomic E-state index is 0.564. The molecule has 0 spiro atoms. The first-order valence-electron chi connectivity index (χ1n) is 6.11. The fourth-order valence-electron chi connectivity index (χ4n) is 2.65. The third-order valence-corrected chi connectivity index (χ3v) is 4.82. The highest BCUT2D eigenvalue weighted by molar-refractivity contribution is 7.99. The van der Waals surface area contributed by atoms with Gasteiger partial charge in [-0.2, -0.15) is 0 Å². The topological polar surface area (TPSA) is 0 Å². The fraction of sp³-hybridized carbons (Fsp3) is 0.250. The molecule has 0 radical (unpaired) electrons. The molecule has 0 aromatic heterocycles. The Morgan fingerprint density at radius 1 is 0.706 bits per heavy atom. The van der Waals surface area contributed by atoms with Crippen LogP contribution in [0.1, 0.15) is 35.5 Å². The number of thioether (sulfide) groups is 1. The molecule has 0 saturated heterocycles. The van der Waals surface area contributed by atoms with Crippen molar-refractivity contribution in [2.75, 3.05) is 0 Å². The molecule has 0 bridgehead atoms. The van der Waals surface area contributed by atoms with Gasteiger partial charge < -0.3 is 0 Å². The van der Waals surface area contributed by atoms with Crippen LogP contribution >= 0.6 is 11.8 Å². The molecule has 0 amide bonds. The van der Waals surface area contributed by atoms with E-state index in [-0.39, 0.29) is 0 Å². The predicted octanol–water partition coefficient (Wildman–Crippen LogP) is 5.22. The first kappa shape index (κ1) is 10.9. The van der Waals surface area contributed by atoms with Crippen molar-refractivity contribution in [3.63, 3.8) is 0 Å². The Kier molecular flexibility index (Phi) is 2.71. The monoisotopic (exact) mass is 240 g/mol. The first-order chi connectivity index (χ1) is 8.27. The number of hydrogen-bond acceptors (Lipinski definition) is 1. The zero-order valence-electron chi connectivity index (χ0n) is 10.2.